The summed E-state index contributed by atoms with van der Waals surface area (Å²) in [5.74, 6) is -0.102. The van der Waals surface area contributed by atoms with Crippen molar-refractivity contribution in [1.82, 2.24) is 14.3 Å². The molecule has 164 valence electrons. The number of halogens is 1. The number of H-pyrrole nitrogens is 1. The number of benzene rings is 2. The Labute approximate surface area is 190 Å². The van der Waals surface area contributed by atoms with Crippen molar-refractivity contribution < 1.29 is 13.2 Å². The summed E-state index contributed by atoms with van der Waals surface area (Å²) in [5, 5.41) is 4.06. The molecule has 31 heavy (non-hydrogen) atoms. The van der Waals surface area contributed by atoms with E-state index in [0.29, 0.717) is 29.0 Å². The van der Waals surface area contributed by atoms with Crippen molar-refractivity contribution in [2.24, 2.45) is 0 Å². The van der Waals surface area contributed by atoms with Crippen molar-refractivity contribution in [1.29, 1.82) is 0 Å². The van der Waals surface area contributed by atoms with E-state index in [1.807, 2.05) is 13.0 Å². The second-order valence-corrected chi connectivity index (χ2v) is 10.8. The van der Waals surface area contributed by atoms with E-state index < -0.39 is 10.0 Å². The molecule has 0 aliphatic carbocycles. The molecule has 2 aromatic carbocycles. The maximum absolute atomic E-state index is 12.9. The Balaban J connectivity index is 1.44. The van der Waals surface area contributed by atoms with Crippen molar-refractivity contribution in [3.63, 3.8) is 0 Å². The number of carbonyl (C=O) groups is 1. The number of fused-ring (bicyclic) bond motifs is 1. The molecule has 0 bridgehead atoms. The first kappa shape index (κ1) is 22.1. The minimum atomic E-state index is -3.56. The Hall–Kier alpha value is -2.07. The van der Waals surface area contributed by atoms with Crippen LogP contribution in [0.2, 0.25) is 5.02 Å². The first-order valence-electron chi connectivity index (χ1n) is 10.0. The van der Waals surface area contributed by atoms with Crippen LogP contribution in [0.25, 0.3) is 11.0 Å². The smallest absolute Gasteiger partial charge is 0.243 e. The normalized spacial score (nSPS) is 15.3. The molecule has 1 aliphatic rings. The number of nitrogens with one attached hydrogen (secondary N) is 2. The molecule has 4 rings (SSSR count). The van der Waals surface area contributed by atoms with E-state index in [0.717, 1.165) is 35.9 Å². The van der Waals surface area contributed by atoms with Crippen LogP contribution in [0.15, 0.2) is 46.5 Å². The third kappa shape index (κ3) is 5.06. The molecular formula is C21H23ClN4O3S2. The van der Waals surface area contributed by atoms with Crippen molar-refractivity contribution in [2.75, 3.05) is 24.2 Å². The number of hydrogen-bond donors (Lipinski definition) is 2. The lowest BCUT2D eigenvalue weighted by atomic mass is 10.2. The summed E-state index contributed by atoms with van der Waals surface area (Å²) in [7, 11) is -3.56. The van der Waals surface area contributed by atoms with E-state index >= 15 is 0 Å². The number of anilines is 1. The lowest BCUT2D eigenvalue weighted by Crippen LogP contribution is -2.35. The predicted molar refractivity (Wildman–Crippen MR) is 124 cm³/mol. The van der Waals surface area contributed by atoms with Crippen LogP contribution in [0.5, 0.6) is 0 Å². The van der Waals surface area contributed by atoms with Gasteiger partial charge in [0.25, 0.3) is 0 Å². The zero-order valence-electron chi connectivity index (χ0n) is 17.0. The monoisotopic (exact) mass is 478 g/mol. The lowest BCUT2D eigenvalue weighted by Gasteiger charge is -2.26. The highest BCUT2D eigenvalue weighted by molar-refractivity contribution is 7.99. The second-order valence-electron chi connectivity index (χ2n) is 7.48. The molecule has 1 amide bonds. The molecule has 1 aromatic heterocycles. The summed E-state index contributed by atoms with van der Waals surface area (Å²) in [6, 6.07) is 10.2. The second kappa shape index (κ2) is 9.20. The molecule has 7 nitrogen and oxygen atoms in total. The predicted octanol–water partition coefficient (Wildman–Crippen LogP) is 4.43. The minimum absolute atomic E-state index is 0.135. The first-order chi connectivity index (χ1) is 14.8. The van der Waals surface area contributed by atoms with Crippen LogP contribution in [0.3, 0.4) is 0 Å². The number of rotatable bonds is 6. The van der Waals surface area contributed by atoms with Crippen LogP contribution >= 0.6 is 23.4 Å². The lowest BCUT2D eigenvalue weighted by molar-refractivity contribution is -0.113. The van der Waals surface area contributed by atoms with Gasteiger partial charge in [-0.3, -0.25) is 4.79 Å². The van der Waals surface area contributed by atoms with Gasteiger partial charge in [-0.05, 0) is 55.7 Å². The summed E-state index contributed by atoms with van der Waals surface area (Å²) >= 11 is 7.26. The highest BCUT2D eigenvalue weighted by Crippen LogP contribution is 2.26. The van der Waals surface area contributed by atoms with Gasteiger partial charge in [-0.25, -0.2) is 13.4 Å². The maximum atomic E-state index is 12.9. The Kier molecular flexibility index (Phi) is 6.57. The summed E-state index contributed by atoms with van der Waals surface area (Å²) in [6.07, 6.45) is 2.80. The molecule has 2 N–H and O–H groups in total. The van der Waals surface area contributed by atoms with E-state index in [9.17, 15) is 13.2 Å². The topological polar surface area (TPSA) is 95.2 Å². The third-order valence-electron chi connectivity index (χ3n) is 5.20. The fourth-order valence-corrected chi connectivity index (χ4v) is 5.90. The van der Waals surface area contributed by atoms with Crippen LogP contribution in [0, 0.1) is 6.92 Å². The number of carbonyl (C=O) groups excluding carboxylic acids is 1. The maximum Gasteiger partial charge on any atom is 0.243 e. The number of piperidine rings is 1. The van der Waals surface area contributed by atoms with Gasteiger partial charge in [-0.15, -0.1) is 0 Å². The van der Waals surface area contributed by atoms with Gasteiger partial charge >= 0.3 is 0 Å². The van der Waals surface area contributed by atoms with Gasteiger partial charge in [0, 0.05) is 23.8 Å². The zero-order valence-corrected chi connectivity index (χ0v) is 19.4. The average Bonchev–Trinajstić information content (AvgIpc) is 3.16. The number of sulfonamides is 1. The molecule has 0 radical (unpaired) electrons. The summed E-state index contributed by atoms with van der Waals surface area (Å²) in [5.41, 5.74) is 2.88. The summed E-state index contributed by atoms with van der Waals surface area (Å²) < 4.78 is 27.4. The van der Waals surface area contributed by atoms with Crippen LogP contribution < -0.4 is 5.32 Å². The SMILES string of the molecule is Cc1ccc(S(=O)(=O)N2CCCCC2)cc1NC(=O)CSc1nc2ccc(Cl)cc2[nH]1. The van der Waals surface area contributed by atoms with E-state index in [2.05, 4.69) is 15.3 Å². The van der Waals surface area contributed by atoms with Gasteiger partial charge in [0.2, 0.25) is 15.9 Å². The fraction of sp³-hybridized carbons (Fsp3) is 0.333. The average molecular weight is 479 g/mol. The molecule has 0 unspecified atom stereocenters. The first-order valence-corrected chi connectivity index (χ1v) is 12.8. The Bertz CT molecular complexity index is 1220. The van der Waals surface area contributed by atoms with Crippen LogP contribution in [0.1, 0.15) is 24.8 Å². The van der Waals surface area contributed by atoms with E-state index in [4.69, 9.17) is 11.6 Å². The van der Waals surface area contributed by atoms with Crippen molar-refractivity contribution >= 4 is 56.0 Å². The summed E-state index contributed by atoms with van der Waals surface area (Å²) in [4.78, 5) is 20.3. The van der Waals surface area contributed by atoms with Gasteiger partial charge in [0.1, 0.15) is 0 Å². The summed E-state index contributed by atoms with van der Waals surface area (Å²) in [6.45, 7) is 2.91. The number of nitrogens with zero attached hydrogens (tertiary/aromatic N) is 2. The molecule has 10 heteroatoms. The molecule has 0 saturated carbocycles. The molecule has 0 atom stereocenters. The number of amides is 1. The number of hydrogen-bond acceptors (Lipinski definition) is 5. The highest BCUT2D eigenvalue weighted by atomic mass is 35.5. The Morgan fingerprint density at radius 2 is 1.97 bits per heavy atom. The van der Waals surface area contributed by atoms with E-state index in [-0.39, 0.29) is 16.6 Å². The number of aromatic nitrogens is 2. The van der Waals surface area contributed by atoms with E-state index in [1.54, 1.807) is 30.3 Å². The van der Waals surface area contributed by atoms with Gasteiger partial charge in [0.15, 0.2) is 5.16 Å². The van der Waals surface area contributed by atoms with Crippen LogP contribution in [-0.2, 0) is 14.8 Å². The third-order valence-corrected chi connectivity index (χ3v) is 8.20. The fourth-order valence-electron chi connectivity index (χ4n) is 3.50. The van der Waals surface area contributed by atoms with Crippen LogP contribution in [-0.4, -0.2) is 47.4 Å². The van der Waals surface area contributed by atoms with Crippen LogP contribution in [0.4, 0.5) is 5.69 Å². The largest absolute Gasteiger partial charge is 0.333 e. The van der Waals surface area contributed by atoms with Gasteiger partial charge in [0.05, 0.1) is 21.7 Å². The molecule has 1 saturated heterocycles. The quantitative estimate of drug-likeness (QED) is 0.511. The minimum Gasteiger partial charge on any atom is -0.333 e. The molecule has 0 spiro atoms. The Morgan fingerprint density at radius 1 is 1.19 bits per heavy atom. The molecule has 1 aliphatic heterocycles. The van der Waals surface area contributed by atoms with Crippen molar-refractivity contribution in [3.8, 4) is 0 Å². The van der Waals surface area contributed by atoms with Crippen molar-refractivity contribution in [3.05, 3.63) is 47.0 Å². The molecule has 1 fully saturated rings. The Morgan fingerprint density at radius 3 is 2.74 bits per heavy atom. The number of aryl methyl sites for hydroxylation is 1. The number of imidazole rings is 1. The standard InChI is InChI=1S/C21H23ClN4O3S2/c1-14-5-7-16(31(28,29)26-9-3-2-4-10-26)12-18(14)23-20(27)13-30-21-24-17-8-6-15(22)11-19(17)25-21/h5-8,11-12H,2-4,9-10,13H2,1H3,(H,23,27)(H,24,25). The number of aromatic amines is 1. The zero-order chi connectivity index (χ0) is 22.0. The number of thioether (sulfide) groups is 1. The van der Waals surface area contributed by atoms with Gasteiger partial charge in [-0.2, -0.15) is 4.31 Å². The van der Waals surface area contributed by atoms with E-state index in [1.165, 1.54) is 16.1 Å². The van der Waals surface area contributed by atoms with Gasteiger partial charge in [-0.1, -0.05) is 35.9 Å². The van der Waals surface area contributed by atoms with Crippen molar-refractivity contribution in [2.45, 2.75) is 36.2 Å². The molecule has 3 aromatic rings. The highest BCUT2D eigenvalue weighted by Gasteiger charge is 2.26. The van der Waals surface area contributed by atoms with Gasteiger partial charge < -0.3 is 10.3 Å². The molecule has 2 heterocycles. The molecular weight excluding hydrogens is 456 g/mol.